The highest BCUT2D eigenvalue weighted by Gasteiger charge is 2.25. The average Bonchev–Trinajstić information content (AvgIpc) is 3.14. The van der Waals surface area contributed by atoms with Gasteiger partial charge >= 0.3 is 5.97 Å². The molecule has 0 unspecified atom stereocenters. The van der Waals surface area contributed by atoms with Gasteiger partial charge in [0, 0.05) is 12.5 Å². The number of carbonyl (C=O) groups is 1. The number of benzene rings is 2. The first-order valence-electron chi connectivity index (χ1n) is 11.3. The summed E-state index contributed by atoms with van der Waals surface area (Å²) in [6.45, 7) is 1.82. The van der Waals surface area contributed by atoms with Crippen molar-refractivity contribution in [3.8, 4) is 11.6 Å². The molecule has 3 aromatic rings. The van der Waals surface area contributed by atoms with Crippen molar-refractivity contribution < 1.29 is 14.5 Å². The van der Waals surface area contributed by atoms with Crippen LogP contribution in [0.2, 0.25) is 0 Å². The van der Waals surface area contributed by atoms with Crippen LogP contribution in [0.15, 0.2) is 64.4 Å². The molecule has 4 rings (SSSR count). The van der Waals surface area contributed by atoms with Gasteiger partial charge in [-0.25, -0.2) is 0 Å². The number of nitrogens with zero attached hydrogens (tertiary/aromatic N) is 3. The molecule has 172 valence electrons. The van der Waals surface area contributed by atoms with Crippen molar-refractivity contribution >= 4 is 23.4 Å². The summed E-state index contributed by atoms with van der Waals surface area (Å²) in [4.78, 5) is 25.0. The summed E-state index contributed by atoms with van der Waals surface area (Å²) >= 11 is 1.20. The topological polar surface area (TPSA) is 87.3 Å². The number of nitro groups is 1. The minimum Gasteiger partial charge on any atom is -0.406 e. The minimum atomic E-state index is -0.408. The lowest BCUT2D eigenvalue weighted by atomic mass is 9.86. The molecule has 1 aromatic heterocycles. The Morgan fingerprint density at radius 3 is 2.55 bits per heavy atom. The summed E-state index contributed by atoms with van der Waals surface area (Å²) in [7, 11) is 0. The number of para-hydroxylation sites is 2. The molecular weight excluding hydrogens is 438 g/mol. The number of aromatic nitrogens is 2. The quantitative estimate of drug-likeness (QED) is 0.214. The average molecular weight is 466 g/mol. The highest BCUT2D eigenvalue weighted by atomic mass is 32.2. The SMILES string of the molecule is Cc1nn(-c2ccccc2)c(OC(=O)CCC2CCCCC2)c1Sc1ccccc1[N+](=O)[O-]. The number of rotatable bonds is 8. The van der Waals surface area contributed by atoms with Crippen LogP contribution in [0.4, 0.5) is 5.69 Å². The monoisotopic (exact) mass is 465 g/mol. The van der Waals surface area contributed by atoms with Gasteiger partial charge in [-0.05, 0) is 37.5 Å². The van der Waals surface area contributed by atoms with E-state index in [4.69, 9.17) is 4.74 Å². The molecule has 0 saturated heterocycles. The van der Waals surface area contributed by atoms with Gasteiger partial charge < -0.3 is 4.74 Å². The van der Waals surface area contributed by atoms with E-state index in [9.17, 15) is 14.9 Å². The zero-order chi connectivity index (χ0) is 23.2. The fourth-order valence-electron chi connectivity index (χ4n) is 4.20. The zero-order valence-electron chi connectivity index (χ0n) is 18.6. The first kappa shape index (κ1) is 23.0. The van der Waals surface area contributed by atoms with Crippen LogP contribution in [-0.2, 0) is 4.79 Å². The first-order valence-corrected chi connectivity index (χ1v) is 12.1. The molecule has 0 atom stereocenters. The lowest BCUT2D eigenvalue weighted by Gasteiger charge is -2.20. The number of hydrogen-bond donors (Lipinski definition) is 0. The molecule has 7 nitrogen and oxygen atoms in total. The summed E-state index contributed by atoms with van der Waals surface area (Å²) in [5, 5.41) is 16.1. The molecule has 1 aliphatic carbocycles. The van der Waals surface area contributed by atoms with E-state index in [0.29, 0.717) is 33.7 Å². The zero-order valence-corrected chi connectivity index (χ0v) is 19.4. The molecule has 33 heavy (non-hydrogen) atoms. The summed E-state index contributed by atoms with van der Waals surface area (Å²) < 4.78 is 7.49. The van der Waals surface area contributed by atoms with Gasteiger partial charge in [-0.2, -0.15) is 9.78 Å². The molecule has 0 spiro atoms. The largest absolute Gasteiger partial charge is 0.406 e. The van der Waals surface area contributed by atoms with Gasteiger partial charge in [-0.3, -0.25) is 14.9 Å². The normalized spacial score (nSPS) is 14.2. The van der Waals surface area contributed by atoms with Crippen LogP contribution in [0, 0.1) is 23.0 Å². The third-order valence-corrected chi connectivity index (χ3v) is 7.17. The number of nitro benzene ring substituents is 1. The van der Waals surface area contributed by atoms with Crippen molar-refractivity contribution in [2.24, 2.45) is 5.92 Å². The third-order valence-electron chi connectivity index (χ3n) is 5.93. The van der Waals surface area contributed by atoms with Crippen molar-refractivity contribution in [3.63, 3.8) is 0 Å². The molecule has 0 radical (unpaired) electrons. The molecule has 0 amide bonds. The van der Waals surface area contributed by atoms with Crippen LogP contribution in [-0.4, -0.2) is 20.7 Å². The van der Waals surface area contributed by atoms with Crippen LogP contribution >= 0.6 is 11.8 Å². The van der Waals surface area contributed by atoms with Crippen molar-refractivity contribution in [1.82, 2.24) is 9.78 Å². The smallest absolute Gasteiger partial charge is 0.312 e. The highest BCUT2D eigenvalue weighted by molar-refractivity contribution is 7.99. The Morgan fingerprint density at radius 1 is 1.12 bits per heavy atom. The lowest BCUT2D eigenvalue weighted by Crippen LogP contribution is -2.15. The second kappa shape index (κ2) is 10.7. The van der Waals surface area contributed by atoms with E-state index in [0.717, 1.165) is 12.1 Å². The number of esters is 1. The van der Waals surface area contributed by atoms with Gasteiger partial charge in [0.05, 0.1) is 26.1 Å². The molecule has 1 fully saturated rings. The number of carbonyl (C=O) groups excluding carboxylic acids is 1. The van der Waals surface area contributed by atoms with E-state index in [1.807, 2.05) is 37.3 Å². The van der Waals surface area contributed by atoms with Gasteiger partial charge in [0.25, 0.3) is 5.69 Å². The summed E-state index contributed by atoms with van der Waals surface area (Å²) in [5.41, 5.74) is 1.39. The standard InChI is InChI=1S/C25H27N3O4S/c1-18-24(33-22-15-9-8-14-21(22)28(30)31)25(27(26-18)20-12-6-3-7-13-20)32-23(29)17-16-19-10-4-2-5-11-19/h3,6-9,12-15,19H,2,4-5,10-11,16-17H2,1H3. The van der Waals surface area contributed by atoms with Crippen molar-refractivity contribution in [2.75, 3.05) is 0 Å². The van der Waals surface area contributed by atoms with Crippen molar-refractivity contribution in [2.45, 2.75) is 61.7 Å². The Labute approximate surface area is 197 Å². The molecular formula is C25H27N3O4S. The molecule has 8 heteroatoms. The van der Waals surface area contributed by atoms with E-state index in [1.54, 1.807) is 22.9 Å². The van der Waals surface area contributed by atoms with Crippen molar-refractivity contribution in [1.29, 1.82) is 0 Å². The van der Waals surface area contributed by atoms with E-state index >= 15 is 0 Å². The van der Waals surface area contributed by atoms with E-state index in [-0.39, 0.29) is 11.7 Å². The van der Waals surface area contributed by atoms with Crippen LogP contribution in [0.5, 0.6) is 5.88 Å². The van der Waals surface area contributed by atoms with E-state index in [2.05, 4.69) is 5.10 Å². The van der Waals surface area contributed by atoms with Gasteiger partial charge in [0.2, 0.25) is 5.88 Å². The number of hydrogen-bond acceptors (Lipinski definition) is 6. The maximum atomic E-state index is 12.8. The fraction of sp³-hybridized carbons (Fsp3) is 0.360. The summed E-state index contributed by atoms with van der Waals surface area (Å²) in [5.74, 6) is 0.574. The second-order valence-corrected chi connectivity index (χ2v) is 9.36. The van der Waals surface area contributed by atoms with Crippen LogP contribution in [0.25, 0.3) is 5.69 Å². The Kier molecular flexibility index (Phi) is 7.44. The third kappa shape index (κ3) is 5.63. The Balaban J connectivity index is 1.63. The second-order valence-electron chi connectivity index (χ2n) is 8.31. The summed E-state index contributed by atoms with van der Waals surface area (Å²) in [6.07, 6.45) is 7.26. The predicted molar refractivity (Wildman–Crippen MR) is 127 cm³/mol. The Hall–Kier alpha value is -3.13. The number of ether oxygens (including phenoxy) is 1. The first-order chi connectivity index (χ1) is 16.0. The van der Waals surface area contributed by atoms with Gasteiger partial charge in [0.15, 0.2) is 0 Å². The van der Waals surface area contributed by atoms with Gasteiger partial charge in [0.1, 0.15) is 0 Å². The maximum absolute atomic E-state index is 12.8. The van der Waals surface area contributed by atoms with E-state index < -0.39 is 4.92 Å². The Bertz CT molecular complexity index is 1120. The predicted octanol–water partition coefficient (Wildman–Crippen LogP) is 6.51. The molecule has 2 aromatic carbocycles. The molecule has 1 heterocycles. The molecule has 1 saturated carbocycles. The highest BCUT2D eigenvalue weighted by Crippen LogP contribution is 2.42. The fourth-order valence-corrected chi connectivity index (χ4v) is 5.22. The molecule has 1 aliphatic rings. The molecule has 0 N–H and O–H groups in total. The molecule has 0 bridgehead atoms. The summed E-state index contributed by atoms with van der Waals surface area (Å²) in [6, 6.07) is 16.0. The number of aryl methyl sites for hydroxylation is 1. The van der Waals surface area contributed by atoms with Crippen LogP contribution in [0.1, 0.15) is 50.6 Å². The van der Waals surface area contributed by atoms with E-state index in [1.165, 1.54) is 49.9 Å². The maximum Gasteiger partial charge on any atom is 0.312 e. The van der Waals surface area contributed by atoms with Crippen molar-refractivity contribution in [3.05, 3.63) is 70.4 Å². The molecule has 0 aliphatic heterocycles. The van der Waals surface area contributed by atoms with Crippen LogP contribution < -0.4 is 4.74 Å². The van der Waals surface area contributed by atoms with Gasteiger partial charge in [-0.15, -0.1) is 0 Å². The van der Waals surface area contributed by atoms with Gasteiger partial charge in [-0.1, -0.05) is 74.2 Å². The van der Waals surface area contributed by atoms with Crippen LogP contribution in [0.3, 0.4) is 0 Å². The Morgan fingerprint density at radius 2 is 1.82 bits per heavy atom. The lowest BCUT2D eigenvalue weighted by molar-refractivity contribution is -0.387. The minimum absolute atomic E-state index is 0.00364.